The zero-order valence-electron chi connectivity index (χ0n) is 9.59. The van der Waals surface area contributed by atoms with Crippen LogP contribution >= 0.6 is 0 Å². The second-order valence-corrected chi connectivity index (χ2v) is 4.01. The van der Waals surface area contributed by atoms with Gasteiger partial charge in [0.15, 0.2) is 0 Å². The summed E-state index contributed by atoms with van der Waals surface area (Å²) in [4.78, 5) is 0. The van der Waals surface area contributed by atoms with Crippen LogP contribution in [0, 0.1) is 18.8 Å². The molecule has 0 fully saturated rings. The first-order valence-corrected chi connectivity index (χ1v) is 4.82. The van der Waals surface area contributed by atoms with Crippen LogP contribution in [0.4, 0.5) is 0 Å². The quantitative estimate of drug-likeness (QED) is 0.710. The van der Waals surface area contributed by atoms with E-state index in [1.54, 1.807) is 21.0 Å². The molecule has 0 saturated heterocycles. The standard InChI is InChI=1S/C13H16O2/c1-10-5-6-12(15-4)11(9-10)7-8-13(2,3)14/h5-6,9,14H,1-4H3. The number of hydrogen-bond donors (Lipinski definition) is 1. The van der Waals surface area contributed by atoms with E-state index in [1.165, 1.54) is 0 Å². The number of rotatable bonds is 1. The minimum atomic E-state index is -0.977. The van der Waals surface area contributed by atoms with E-state index in [-0.39, 0.29) is 0 Å². The van der Waals surface area contributed by atoms with Crippen molar-refractivity contribution in [2.45, 2.75) is 26.4 Å². The first-order chi connectivity index (χ1) is 6.92. The van der Waals surface area contributed by atoms with E-state index >= 15 is 0 Å². The van der Waals surface area contributed by atoms with E-state index in [2.05, 4.69) is 11.8 Å². The zero-order valence-corrected chi connectivity index (χ0v) is 9.59. The first-order valence-electron chi connectivity index (χ1n) is 4.82. The van der Waals surface area contributed by atoms with Crippen LogP contribution < -0.4 is 4.74 Å². The Morgan fingerprint density at radius 2 is 2.00 bits per heavy atom. The molecule has 0 aromatic heterocycles. The van der Waals surface area contributed by atoms with Gasteiger partial charge in [0, 0.05) is 0 Å². The first kappa shape index (κ1) is 11.6. The second kappa shape index (κ2) is 4.37. The van der Waals surface area contributed by atoms with Crippen LogP contribution in [0.25, 0.3) is 0 Å². The molecule has 2 heteroatoms. The highest BCUT2D eigenvalue weighted by molar-refractivity contribution is 5.48. The molecule has 0 aliphatic heterocycles. The minimum Gasteiger partial charge on any atom is -0.495 e. The fourth-order valence-electron chi connectivity index (χ4n) is 1.14. The van der Waals surface area contributed by atoms with E-state index in [0.717, 1.165) is 16.9 Å². The molecule has 0 aliphatic carbocycles. The van der Waals surface area contributed by atoms with Gasteiger partial charge in [-0.15, -0.1) is 0 Å². The highest BCUT2D eigenvalue weighted by Gasteiger charge is 2.07. The highest BCUT2D eigenvalue weighted by atomic mass is 16.5. The molecule has 0 radical (unpaired) electrons. The summed E-state index contributed by atoms with van der Waals surface area (Å²) in [6.07, 6.45) is 0. The Balaban J connectivity index is 3.11. The van der Waals surface area contributed by atoms with Crippen LogP contribution in [0.5, 0.6) is 5.75 Å². The van der Waals surface area contributed by atoms with Crippen molar-refractivity contribution < 1.29 is 9.84 Å². The van der Waals surface area contributed by atoms with E-state index in [4.69, 9.17) is 4.74 Å². The molecule has 0 heterocycles. The number of methoxy groups -OCH3 is 1. The normalized spacial score (nSPS) is 10.5. The average molecular weight is 204 g/mol. The zero-order chi connectivity index (χ0) is 11.5. The van der Waals surface area contributed by atoms with Crippen LogP contribution in [0.3, 0.4) is 0 Å². The minimum absolute atomic E-state index is 0.734. The van der Waals surface area contributed by atoms with Crippen molar-refractivity contribution in [1.29, 1.82) is 0 Å². The summed E-state index contributed by atoms with van der Waals surface area (Å²) in [5, 5.41) is 9.50. The molecule has 1 aromatic rings. The molecule has 0 saturated carbocycles. The Morgan fingerprint density at radius 1 is 1.33 bits per heavy atom. The number of aryl methyl sites for hydroxylation is 1. The lowest BCUT2D eigenvalue weighted by atomic mass is 10.1. The third-order valence-electron chi connectivity index (χ3n) is 1.86. The Bertz CT molecular complexity index is 403. The summed E-state index contributed by atoms with van der Waals surface area (Å²) in [5.74, 6) is 6.42. The van der Waals surface area contributed by atoms with Crippen LogP contribution in [-0.4, -0.2) is 17.8 Å². The number of ether oxygens (including phenoxy) is 1. The van der Waals surface area contributed by atoms with Gasteiger partial charge in [0.2, 0.25) is 0 Å². The Kier molecular flexibility index (Phi) is 3.39. The molecular weight excluding hydrogens is 188 g/mol. The van der Waals surface area contributed by atoms with Crippen LogP contribution in [0.15, 0.2) is 18.2 Å². The fraction of sp³-hybridized carbons (Fsp3) is 0.385. The van der Waals surface area contributed by atoms with Gasteiger partial charge < -0.3 is 9.84 Å². The molecule has 15 heavy (non-hydrogen) atoms. The Labute approximate surface area is 90.9 Å². The molecule has 0 aliphatic rings. The van der Waals surface area contributed by atoms with Gasteiger partial charge >= 0.3 is 0 Å². The van der Waals surface area contributed by atoms with Gasteiger partial charge in [-0.3, -0.25) is 0 Å². The van der Waals surface area contributed by atoms with Crippen molar-refractivity contribution >= 4 is 0 Å². The summed E-state index contributed by atoms with van der Waals surface area (Å²) in [7, 11) is 1.61. The van der Waals surface area contributed by atoms with Gasteiger partial charge in [-0.05, 0) is 38.5 Å². The SMILES string of the molecule is COc1ccc(C)cc1C#CC(C)(C)O. The average Bonchev–Trinajstić information content (AvgIpc) is 2.14. The van der Waals surface area contributed by atoms with Gasteiger partial charge in [0.05, 0.1) is 12.7 Å². The summed E-state index contributed by atoms with van der Waals surface area (Å²) >= 11 is 0. The number of hydrogen-bond acceptors (Lipinski definition) is 2. The number of aliphatic hydroxyl groups is 1. The second-order valence-electron chi connectivity index (χ2n) is 4.01. The van der Waals surface area contributed by atoms with Gasteiger partial charge in [-0.1, -0.05) is 17.9 Å². The van der Waals surface area contributed by atoms with Gasteiger partial charge in [0.1, 0.15) is 11.4 Å². The van der Waals surface area contributed by atoms with Crippen molar-refractivity contribution in [3.8, 4) is 17.6 Å². The largest absolute Gasteiger partial charge is 0.495 e. The predicted octanol–water partition coefficient (Wildman–Crippen LogP) is 2.13. The molecule has 0 atom stereocenters. The van der Waals surface area contributed by atoms with E-state index < -0.39 is 5.60 Å². The molecule has 0 bridgehead atoms. The summed E-state index contributed by atoms with van der Waals surface area (Å²) in [5.41, 5.74) is 0.949. The third-order valence-corrected chi connectivity index (χ3v) is 1.86. The molecule has 80 valence electrons. The van der Waals surface area contributed by atoms with Crippen molar-refractivity contribution in [3.05, 3.63) is 29.3 Å². The molecule has 0 spiro atoms. The molecule has 0 unspecified atom stereocenters. The Morgan fingerprint density at radius 3 is 2.53 bits per heavy atom. The fourth-order valence-corrected chi connectivity index (χ4v) is 1.14. The lowest BCUT2D eigenvalue weighted by Gasteiger charge is -2.07. The monoisotopic (exact) mass is 204 g/mol. The van der Waals surface area contributed by atoms with E-state index in [9.17, 15) is 5.11 Å². The summed E-state index contributed by atoms with van der Waals surface area (Å²) in [6.45, 7) is 5.30. The molecular formula is C13H16O2. The van der Waals surface area contributed by atoms with Crippen molar-refractivity contribution in [2.75, 3.05) is 7.11 Å². The topological polar surface area (TPSA) is 29.5 Å². The molecule has 1 N–H and O–H groups in total. The maximum atomic E-state index is 9.50. The van der Waals surface area contributed by atoms with Crippen LogP contribution in [0.2, 0.25) is 0 Å². The summed E-state index contributed by atoms with van der Waals surface area (Å²) < 4.78 is 5.18. The lowest BCUT2D eigenvalue weighted by molar-refractivity contribution is 0.143. The lowest BCUT2D eigenvalue weighted by Crippen LogP contribution is -2.14. The van der Waals surface area contributed by atoms with Crippen molar-refractivity contribution in [2.24, 2.45) is 0 Å². The number of benzene rings is 1. The predicted molar refractivity (Wildman–Crippen MR) is 60.9 cm³/mol. The molecule has 1 aromatic carbocycles. The molecule has 0 amide bonds. The maximum absolute atomic E-state index is 9.50. The van der Waals surface area contributed by atoms with Crippen LogP contribution in [-0.2, 0) is 0 Å². The maximum Gasteiger partial charge on any atom is 0.134 e. The van der Waals surface area contributed by atoms with Crippen molar-refractivity contribution in [3.63, 3.8) is 0 Å². The summed E-state index contributed by atoms with van der Waals surface area (Å²) in [6, 6.07) is 5.79. The molecule has 2 nitrogen and oxygen atoms in total. The smallest absolute Gasteiger partial charge is 0.134 e. The van der Waals surface area contributed by atoms with E-state index in [1.807, 2.05) is 25.1 Å². The highest BCUT2D eigenvalue weighted by Crippen LogP contribution is 2.18. The van der Waals surface area contributed by atoms with Gasteiger partial charge in [-0.2, -0.15) is 0 Å². The molecule has 1 rings (SSSR count). The Hall–Kier alpha value is -1.46. The van der Waals surface area contributed by atoms with Crippen LogP contribution in [0.1, 0.15) is 25.0 Å². The third kappa shape index (κ3) is 3.65. The van der Waals surface area contributed by atoms with Gasteiger partial charge in [0.25, 0.3) is 0 Å². The van der Waals surface area contributed by atoms with Crippen molar-refractivity contribution in [1.82, 2.24) is 0 Å². The van der Waals surface area contributed by atoms with E-state index in [0.29, 0.717) is 0 Å². The van der Waals surface area contributed by atoms with Gasteiger partial charge in [-0.25, -0.2) is 0 Å².